The third-order valence-corrected chi connectivity index (χ3v) is 3.68. The van der Waals surface area contributed by atoms with Crippen molar-refractivity contribution in [2.75, 3.05) is 13.2 Å². The molecule has 0 aliphatic carbocycles. The van der Waals surface area contributed by atoms with Crippen molar-refractivity contribution < 1.29 is 33.4 Å². The number of carbonyl (C=O) groups is 1. The summed E-state index contributed by atoms with van der Waals surface area (Å²) in [5.74, 6) is -0.534. The van der Waals surface area contributed by atoms with Crippen molar-refractivity contribution >= 4 is 11.8 Å². The summed E-state index contributed by atoms with van der Waals surface area (Å²) in [5, 5.41) is 10.6. The molecule has 2 aliphatic heterocycles. The second-order valence-electron chi connectivity index (χ2n) is 5.92. The van der Waals surface area contributed by atoms with Gasteiger partial charge in [-0.3, -0.25) is 10.1 Å². The lowest BCUT2D eigenvalue weighted by atomic mass is 10.2. The minimum absolute atomic E-state index is 0.0353. The second-order valence-corrected chi connectivity index (χ2v) is 5.92. The zero-order valence-corrected chi connectivity index (χ0v) is 13.2. The van der Waals surface area contributed by atoms with E-state index in [2.05, 4.69) is 0 Å². The fourth-order valence-electron chi connectivity index (χ4n) is 2.68. The van der Waals surface area contributed by atoms with Gasteiger partial charge in [0.25, 0.3) is 5.69 Å². The van der Waals surface area contributed by atoms with Gasteiger partial charge in [-0.05, 0) is 26.0 Å². The Labute approximate surface area is 137 Å². The fraction of sp³-hybridized carbons (Fsp3) is 0.533. The van der Waals surface area contributed by atoms with Crippen molar-refractivity contribution in [3.05, 3.63) is 34.4 Å². The van der Waals surface area contributed by atoms with Gasteiger partial charge < -0.3 is 23.7 Å². The van der Waals surface area contributed by atoms with E-state index in [0.29, 0.717) is 6.61 Å². The van der Waals surface area contributed by atoms with Crippen LogP contribution in [0, 0.1) is 10.1 Å². The summed E-state index contributed by atoms with van der Waals surface area (Å²) in [6.45, 7) is 3.96. The van der Waals surface area contributed by atoms with Gasteiger partial charge in [-0.15, -0.1) is 0 Å². The van der Waals surface area contributed by atoms with Gasteiger partial charge in [0.05, 0.1) is 11.5 Å². The van der Waals surface area contributed by atoms with E-state index in [1.807, 2.05) is 13.8 Å². The third kappa shape index (κ3) is 3.64. The summed E-state index contributed by atoms with van der Waals surface area (Å²) < 4.78 is 26.9. The molecule has 0 unspecified atom stereocenters. The largest absolute Gasteiger partial charge is 0.513 e. The third-order valence-electron chi connectivity index (χ3n) is 3.68. The molecule has 2 aliphatic rings. The van der Waals surface area contributed by atoms with E-state index in [-0.39, 0.29) is 30.3 Å². The molecular formula is C15H17NO8. The number of nitro groups is 1. The first-order valence-corrected chi connectivity index (χ1v) is 7.40. The molecule has 0 bridgehead atoms. The number of nitrogens with zero attached hydrogens (tertiary/aromatic N) is 1. The maximum atomic E-state index is 11.7. The number of rotatable bonds is 4. The zero-order chi connectivity index (χ0) is 17.3. The van der Waals surface area contributed by atoms with Crippen molar-refractivity contribution in [1.29, 1.82) is 0 Å². The SMILES string of the molecule is CC1(C)O[C@H]2[C@H](CO[C@@H]2COC(=O)Oc2ccc([N+](=O)[O-])cc2)O1. The molecule has 0 spiro atoms. The second kappa shape index (κ2) is 6.34. The van der Waals surface area contributed by atoms with Gasteiger partial charge >= 0.3 is 6.16 Å². The smallest absolute Gasteiger partial charge is 0.431 e. The first-order valence-electron chi connectivity index (χ1n) is 7.40. The van der Waals surface area contributed by atoms with Crippen LogP contribution >= 0.6 is 0 Å². The highest BCUT2D eigenvalue weighted by molar-refractivity contribution is 5.64. The number of ether oxygens (including phenoxy) is 5. The number of nitro benzene ring substituents is 1. The molecule has 0 saturated carbocycles. The molecule has 2 saturated heterocycles. The van der Waals surface area contributed by atoms with Gasteiger partial charge in [-0.1, -0.05) is 0 Å². The molecule has 1 aromatic carbocycles. The molecule has 2 fully saturated rings. The Balaban J connectivity index is 1.48. The van der Waals surface area contributed by atoms with E-state index in [1.54, 1.807) is 0 Å². The number of carbonyl (C=O) groups excluding carboxylic acids is 1. The normalized spacial score (nSPS) is 27.5. The van der Waals surface area contributed by atoms with Crippen LogP contribution in [0.25, 0.3) is 0 Å². The topological polar surface area (TPSA) is 106 Å². The molecule has 2 heterocycles. The Morgan fingerprint density at radius 3 is 2.71 bits per heavy atom. The number of benzene rings is 1. The van der Waals surface area contributed by atoms with Gasteiger partial charge in [0, 0.05) is 12.1 Å². The van der Waals surface area contributed by atoms with Gasteiger partial charge in [0.15, 0.2) is 5.79 Å². The average Bonchev–Trinajstić information content (AvgIpc) is 3.01. The van der Waals surface area contributed by atoms with Gasteiger partial charge in [0.2, 0.25) is 0 Å². The van der Waals surface area contributed by atoms with Crippen LogP contribution in [-0.2, 0) is 18.9 Å². The number of hydrogen-bond acceptors (Lipinski definition) is 8. The maximum absolute atomic E-state index is 11.7. The van der Waals surface area contributed by atoms with Crippen molar-refractivity contribution in [2.24, 2.45) is 0 Å². The van der Waals surface area contributed by atoms with Crippen LogP contribution in [0.1, 0.15) is 13.8 Å². The molecular weight excluding hydrogens is 322 g/mol. The predicted molar refractivity (Wildman–Crippen MR) is 78.6 cm³/mol. The number of non-ortho nitro benzene ring substituents is 1. The van der Waals surface area contributed by atoms with Crippen molar-refractivity contribution in [2.45, 2.75) is 37.9 Å². The van der Waals surface area contributed by atoms with Crippen LogP contribution in [0.4, 0.5) is 10.5 Å². The van der Waals surface area contributed by atoms with E-state index in [4.69, 9.17) is 23.7 Å². The Morgan fingerprint density at radius 1 is 1.33 bits per heavy atom. The van der Waals surface area contributed by atoms with Crippen LogP contribution < -0.4 is 4.74 Å². The molecule has 9 nitrogen and oxygen atoms in total. The van der Waals surface area contributed by atoms with E-state index in [1.165, 1.54) is 24.3 Å². The van der Waals surface area contributed by atoms with Gasteiger partial charge in [0.1, 0.15) is 30.7 Å². The number of fused-ring (bicyclic) bond motifs is 1. The van der Waals surface area contributed by atoms with Crippen molar-refractivity contribution in [3.8, 4) is 5.75 Å². The van der Waals surface area contributed by atoms with Crippen LogP contribution in [0.2, 0.25) is 0 Å². The Kier molecular flexibility index (Phi) is 4.39. The standard InChI is InChI=1S/C15H17NO8/c1-15(2)23-12-8-20-11(13(12)24-15)7-21-14(17)22-10-5-3-9(4-6-10)16(18)19/h3-6,11-13H,7-8H2,1-2H3/t11-,12+,13-/m1/s1. The lowest BCUT2D eigenvalue weighted by Gasteiger charge is -2.21. The molecule has 130 valence electrons. The Hall–Kier alpha value is -2.23. The fourth-order valence-corrected chi connectivity index (χ4v) is 2.68. The maximum Gasteiger partial charge on any atom is 0.513 e. The van der Waals surface area contributed by atoms with E-state index in [9.17, 15) is 14.9 Å². The van der Waals surface area contributed by atoms with E-state index >= 15 is 0 Å². The quantitative estimate of drug-likeness (QED) is 0.355. The van der Waals surface area contributed by atoms with E-state index in [0.717, 1.165) is 0 Å². The highest BCUT2D eigenvalue weighted by Gasteiger charge is 2.50. The number of hydrogen-bond donors (Lipinski definition) is 0. The van der Waals surface area contributed by atoms with Crippen molar-refractivity contribution in [3.63, 3.8) is 0 Å². The van der Waals surface area contributed by atoms with Gasteiger partial charge in [-0.25, -0.2) is 4.79 Å². The molecule has 3 rings (SSSR count). The van der Waals surface area contributed by atoms with Crippen LogP contribution in [0.5, 0.6) is 5.75 Å². The van der Waals surface area contributed by atoms with Crippen LogP contribution in [0.3, 0.4) is 0 Å². The molecule has 0 radical (unpaired) electrons. The van der Waals surface area contributed by atoms with Crippen LogP contribution in [-0.4, -0.2) is 48.4 Å². The lowest BCUT2D eigenvalue weighted by Crippen LogP contribution is -2.34. The van der Waals surface area contributed by atoms with Crippen molar-refractivity contribution in [1.82, 2.24) is 0 Å². The summed E-state index contributed by atoms with van der Waals surface area (Å²) in [6.07, 6.45) is -1.83. The van der Waals surface area contributed by atoms with Gasteiger partial charge in [-0.2, -0.15) is 0 Å². The monoisotopic (exact) mass is 339 g/mol. The van der Waals surface area contributed by atoms with Crippen LogP contribution in [0.15, 0.2) is 24.3 Å². The zero-order valence-electron chi connectivity index (χ0n) is 13.2. The minimum atomic E-state index is -0.922. The summed E-state index contributed by atoms with van der Waals surface area (Å²) in [5.41, 5.74) is -0.0953. The molecule has 1 aromatic rings. The Bertz CT molecular complexity index is 629. The molecule has 0 amide bonds. The highest BCUT2D eigenvalue weighted by atomic mass is 16.8. The summed E-state index contributed by atoms with van der Waals surface area (Å²) >= 11 is 0. The first-order chi connectivity index (χ1) is 11.3. The minimum Gasteiger partial charge on any atom is -0.431 e. The summed E-state index contributed by atoms with van der Waals surface area (Å²) in [4.78, 5) is 21.7. The summed E-state index contributed by atoms with van der Waals surface area (Å²) in [6, 6.07) is 5.11. The highest BCUT2D eigenvalue weighted by Crippen LogP contribution is 2.35. The molecule has 3 atom stereocenters. The Morgan fingerprint density at radius 2 is 2.04 bits per heavy atom. The van der Waals surface area contributed by atoms with E-state index < -0.39 is 23.0 Å². The average molecular weight is 339 g/mol. The molecule has 24 heavy (non-hydrogen) atoms. The predicted octanol–water partition coefficient (Wildman–Crippen LogP) is 2.03. The lowest BCUT2D eigenvalue weighted by molar-refractivity contribution is -0.384. The summed E-state index contributed by atoms with van der Waals surface area (Å²) in [7, 11) is 0. The molecule has 0 aromatic heterocycles. The molecule has 9 heteroatoms. The molecule has 0 N–H and O–H groups in total. The first kappa shape index (κ1) is 16.6.